The minimum absolute atomic E-state index is 0.677. The van der Waals surface area contributed by atoms with E-state index in [2.05, 4.69) is 24.0 Å². The van der Waals surface area contributed by atoms with Crippen LogP contribution in [0, 0.1) is 13.8 Å². The lowest BCUT2D eigenvalue weighted by Gasteiger charge is -1.95. The summed E-state index contributed by atoms with van der Waals surface area (Å²) in [7, 11) is 0. The van der Waals surface area contributed by atoms with Gasteiger partial charge in [-0.3, -0.25) is 0 Å². The van der Waals surface area contributed by atoms with Crippen LogP contribution in [0.25, 0.3) is 11.1 Å². The number of aryl methyl sites for hydroxylation is 3. The molecule has 0 saturated carbocycles. The maximum Gasteiger partial charge on any atom is 0.195 e. The predicted octanol–water partition coefficient (Wildman–Crippen LogP) is 2.34. The molecule has 0 aliphatic carbocycles. The van der Waals surface area contributed by atoms with Crippen molar-refractivity contribution in [2.45, 2.75) is 26.7 Å². The third-order valence-electron chi connectivity index (χ3n) is 2.58. The monoisotopic (exact) mass is 204 g/mol. The molecule has 1 aromatic heterocycles. The Morgan fingerprint density at radius 1 is 1.27 bits per heavy atom. The third kappa shape index (κ3) is 1.88. The molecule has 0 bridgehead atoms. The number of nitrogens with two attached hydrogens (primary N) is 1. The number of hydrogen-bond donors (Lipinski definition) is 1. The van der Waals surface area contributed by atoms with E-state index in [0.717, 1.165) is 35.4 Å². The van der Waals surface area contributed by atoms with Crippen LogP contribution in [-0.2, 0) is 6.42 Å². The fourth-order valence-corrected chi connectivity index (χ4v) is 1.66. The molecule has 0 saturated heterocycles. The molecule has 0 aliphatic heterocycles. The van der Waals surface area contributed by atoms with Crippen LogP contribution < -0.4 is 5.73 Å². The Kier molecular flexibility index (Phi) is 2.73. The van der Waals surface area contributed by atoms with Crippen molar-refractivity contribution >= 4 is 11.1 Å². The van der Waals surface area contributed by atoms with Crippen molar-refractivity contribution in [2.24, 2.45) is 5.73 Å². The highest BCUT2D eigenvalue weighted by molar-refractivity contribution is 5.79. The Balaban J connectivity index is 2.45. The highest BCUT2D eigenvalue weighted by Crippen LogP contribution is 2.23. The molecular formula is C12H16N2O. The number of oxazole rings is 1. The second-order valence-corrected chi connectivity index (χ2v) is 3.88. The van der Waals surface area contributed by atoms with Gasteiger partial charge in [0.1, 0.15) is 5.52 Å². The summed E-state index contributed by atoms with van der Waals surface area (Å²) in [6.07, 6.45) is 1.75. The first-order chi connectivity index (χ1) is 7.22. The van der Waals surface area contributed by atoms with Gasteiger partial charge in [0.15, 0.2) is 11.5 Å². The number of nitrogens with zero attached hydrogens (tertiary/aromatic N) is 1. The Bertz CT molecular complexity index is 435. The van der Waals surface area contributed by atoms with Gasteiger partial charge in [0, 0.05) is 6.42 Å². The standard InChI is InChI=1S/C12H16N2O/c1-8-5-6-9(2)12-11(8)14-10(15-12)4-3-7-13/h5-6H,3-4,7,13H2,1-2H3. The van der Waals surface area contributed by atoms with Gasteiger partial charge in [-0.1, -0.05) is 12.1 Å². The number of rotatable bonds is 3. The van der Waals surface area contributed by atoms with Crippen LogP contribution in [0.4, 0.5) is 0 Å². The second-order valence-electron chi connectivity index (χ2n) is 3.88. The zero-order chi connectivity index (χ0) is 10.8. The van der Waals surface area contributed by atoms with E-state index in [1.165, 1.54) is 5.56 Å². The van der Waals surface area contributed by atoms with Crippen LogP contribution in [0.2, 0.25) is 0 Å². The van der Waals surface area contributed by atoms with Crippen molar-refractivity contribution in [1.82, 2.24) is 4.98 Å². The van der Waals surface area contributed by atoms with E-state index >= 15 is 0 Å². The maximum atomic E-state index is 5.72. The molecule has 0 radical (unpaired) electrons. The minimum atomic E-state index is 0.677. The first-order valence-corrected chi connectivity index (χ1v) is 5.28. The first-order valence-electron chi connectivity index (χ1n) is 5.28. The van der Waals surface area contributed by atoms with Gasteiger partial charge in [-0.2, -0.15) is 0 Å². The fraction of sp³-hybridized carbons (Fsp3) is 0.417. The van der Waals surface area contributed by atoms with E-state index < -0.39 is 0 Å². The van der Waals surface area contributed by atoms with Crippen LogP contribution in [0.1, 0.15) is 23.4 Å². The van der Waals surface area contributed by atoms with Crippen molar-refractivity contribution in [3.8, 4) is 0 Å². The molecule has 2 aromatic rings. The molecule has 0 spiro atoms. The van der Waals surface area contributed by atoms with Gasteiger partial charge in [0.05, 0.1) is 0 Å². The average Bonchev–Trinajstić information content (AvgIpc) is 2.66. The van der Waals surface area contributed by atoms with Gasteiger partial charge >= 0.3 is 0 Å². The van der Waals surface area contributed by atoms with Crippen molar-refractivity contribution in [3.63, 3.8) is 0 Å². The first kappa shape index (κ1) is 10.2. The molecule has 1 aromatic carbocycles. The lowest BCUT2D eigenvalue weighted by molar-refractivity contribution is 0.520. The molecule has 15 heavy (non-hydrogen) atoms. The summed E-state index contributed by atoms with van der Waals surface area (Å²) >= 11 is 0. The number of fused-ring (bicyclic) bond motifs is 1. The van der Waals surface area contributed by atoms with Gasteiger partial charge in [-0.15, -0.1) is 0 Å². The molecule has 0 fully saturated rings. The lowest BCUT2D eigenvalue weighted by atomic mass is 10.1. The van der Waals surface area contributed by atoms with Crippen LogP contribution in [0.5, 0.6) is 0 Å². The Morgan fingerprint density at radius 3 is 2.67 bits per heavy atom. The average molecular weight is 204 g/mol. The van der Waals surface area contributed by atoms with E-state index in [1.54, 1.807) is 0 Å². The van der Waals surface area contributed by atoms with Gasteiger partial charge in [0.2, 0.25) is 0 Å². The molecule has 0 atom stereocenters. The molecule has 0 aliphatic rings. The molecule has 3 heteroatoms. The molecule has 2 N–H and O–H groups in total. The molecule has 0 unspecified atom stereocenters. The number of benzene rings is 1. The molecule has 0 amide bonds. The van der Waals surface area contributed by atoms with Crippen LogP contribution in [0.3, 0.4) is 0 Å². The van der Waals surface area contributed by atoms with E-state index in [9.17, 15) is 0 Å². The van der Waals surface area contributed by atoms with Gasteiger partial charge in [-0.05, 0) is 37.9 Å². The summed E-state index contributed by atoms with van der Waals surface area (Å²) in [4.78, 5) is 4.49. The normalized spacial score (nSPS) is 11.1. The zero-order valence-electron chi connectivity index (χ0n) is 9.21. The molecule has 2 rings (SSSR count). The van der Waals surface area contributed by atoms with Crippen molar-refractivity contribution in [3.05, 3.63) is 29.2 Å². The Morgan fingerprint density at radius 2 is 2.00 bits per heavy atom. The predicted molar refractivity (Wildman–Crippen MR) is 60.9 cm³/mol. The van der Waals surface area contributed by atoms with Crippen molar-refractivity contribution in [1.29, 1.82) is 0 Å². The minimum Gasteiger partial charge on any atom is -0.440 e. The van der Waals surface area contributed by atoms with Crippen LogP contribution in [0.15, 0.2) is 16.5 Å². The van der Waals surface area contributed by atoms with Crippen LogP contribution >= 0.6 is 0 Å². The highest BCUT2D eigenvalue weighted by atomic mass is 16.3. The second kappa shape index (κ2) is 4.03. The molecule has 1 heterocycles. The largest absolute Gasteiger partial charge is 0.440 e. The number of aromatic nitrogens is 1. The summed E-state index contributed by atoms with van der Waals surface area (Å²) < 4.78 is 5.72. The SMILES string of the molecule is Cc1ccc(C)c2oc(CCCN)nc12. The van der Waals surface area contributed by atoms with Crippen LogP contribution in [-0.4, -0.2) is 11.5 Å². The van der Waals surface area contributed by atoms with E-state index in [-0.39, 0.29) is 0 Å². The summed E-state index contributed by atoms with van der Waals surface area (Å²) in [5, 5.41) is 0. The highest BCUT2D eigenvalue weighted by Gasteiger charge is 2.09. The van der Waals surface area contributed by atoms with Crippen molar-refractivity contribution < 1.29 is 4.42 Å². The van der Waals surface area contributed by atoms with E-state index in [1.807, 2.05) is 6.92 Å². The van der Waals surface area contributed by atoms with E-state index in [4.69, 9.17) is 10.2 Å². The smallest absolute Gasteiger partial charge is 0.195 e. The summed E-state index contributed by atoms with van der Waals surface area (Å²) in [6.45, 7) is 4.77. The summed E-state index contributed by atoms with van der Waals surface area (Å²) in [6, 6.07) is 4.14. The topological polar surface area (TPSA) is 52.0 Å². The lowest BCUT2D eigenvalue weighted by Crippen LogP contribution is -2.00. The van der Waals surface area contributed by atoms with Gasteiger partial charge in [-0.25, -0.2) is 4.98 Å². The maximum absolute atomic E-state index is 5.72. The molecule has 3 nitrogen and oxygen atoms in total. The Hall–Kier alpha value is -1.35. The van der Waals surface area contributed by atoms with Crippen molar-refractivity contribution in [2.75, 3.05) is 6.54 Å². The molecular weight excluding hydrogens is 188 g/mol. The zero-order valence-corrected chi connectivity index (χ0v) is 9.21. The Labute approximate surface area is 89.3 Å². The summed E-state index contributed by atoms with van der Waals surface area (Å²) in [5.74, 6) is 0.799. The van der Waals surface area contributed by atoms with Gasteiger partial charge < -0.3 is 10.2 Å². The fourth-order valence-electron chi connectivity index (χ4n) is 1.66. The van der Waals surface area contributed by atoms with Gasteiger partial charge in [0.25, 0.3) is 0 Å². The quantitative estimate of drug-likeness (QED) is 0.834. The molecule has 80 valence electrons. The third-order valence-corrected chi connectivity index (χ3v) is 2.58. The van der Waals surface area contributed by atoms with E-state index in [0.29, 0.717) is 6.54 Å². The summed E-state index contributed by atoms with van der Waals surface area (Å²) in [5.41, 5.74) is 9.67. The number of hydrogen-bond acceptors (Lipinski definition) is 3.